The lowest BCUT2D eigenvalue weighted by Gasteiger charge is -2.36. The molecule has 3 N–H and O–H groups in total. The molecule has 0 saturated heterocycles. The third-order valence-electron chi connectivity index (χ3n) is 4.93. The van der Waals surface area contributed by atoms with Crippen LogP contribution in [-0.4, -0.2) is 18.6 Å². The van der Waals surface area contributed by atoms with Gasteiger partial charge < -0.3 is 11.1 Å². The molecule has 2 rings (SSSR count). The summed E-state index contributed by atoms with van der Waals surface area (Å²) >= 11 is 0. The van der Waals surface area contributed by atoms with Crippen LogP contribution in [0.4, 0.5) is 0 Å². The quantitative estimate of drug-likeness (QED) is 0.772. The summed E-state index contributed by atoms with van der Waals surface area (Å²) in [6.07, 6.45) is 12.5. The van der Waals surface area contributed by atoms with Crippen LogP contribution in [0.1, 0.15) is 64.7 Å². The number of nitrogens with one attached hydrogen (secondary N) is 1. The van der Waals surface area contributed by atoms with Gasteiger partial charge in [-0.15, -0.1) is 0 Å². The van der Waals surface area contributed by atoms with Crippen LogP contribution in [-0.2, 0) is 0 Å². The maximum Gasteiger partial charge on any atom is 0.0304 e. The van der Waals surface area contributed by atoms with E-state index in [1.165, 1.54) is 64.3 Å². The van der Waals surface area contributed by atoms with Crippen molar-refractivity contribution in [2.75, 3.05) is 13.1 Å². The monoisotopic (exact) mass is 238 g/mol. The normalized spacial score (nSPS) is 27.2. The Bertz CT molecular complexity index is 215. The zero-order valence-corrected chi connectivity index (χ0v) is 11.5. The van der Waals surface area contributed by atoms with Crippen molar-refractivity contribution in [2.24, 2.45) is 17.6 Å². The molecular formula is C15H30N2. The molecule has 0 aliphatic heterocycles. The summed E-state index contributed by atoms with van der Waals surface area (Å²) in [5, 5.41) is 3.85. The number of hydrogen-bond donors (Lipinski definition) is 2. The molecule has 0 bridgehead atoms. The van der Waals surface area contributed by atoms with Crippen molar-refractivity contribution in [1.29, 1.82) is 0 Å². The molecule has 2 aliphatic rings. The Morgan fingerprint density at radius 2 is 1.71 bits per heavy atom. The molecule has 2 fully saturated rings. The molecule has 2 heteroatoms. The lowest BCUT2D eigenvalue weighted by molar-refractivity contribution is 0.240. The molecule has 0 aromatic carbocycles. The van der Waals surface area contributed by atoms with Gasteiger partial charge in [-0.05, 0) is 44.1 Å². The largest absolute Gasteiger partial charge is 0.329 e. The zero-order chi connectivity index (χ0) is 12.1. The van der Waals surface area contributed by atoms with Crippen molar-refractivity contribution in [3.8, 4) is 0 Å². The number of rotatable bonds is 5. The third-order valence-corrected chi connectivity index (χ3v) is 4.93. The highest BCUT2D eigenvalue weighted by atomic mass is 15.0. The average Bonchev–Trinajstić information content (AvgIpc) is 3.12. The highest BCUT2D eigenvalue weighted by Crippen LogP contribution is 2.36. The molecule has 2 nitrogen and oxygen atoms in total. The van der Waals surface area contributed by atoms with Gasteiger partial charge in [0, 0.05) is 12.1 Å². The van der Waals surface area contributed by atoms with E-state index in [2.05, 4.69) is 12.2 Å². The third kappa shape index (κ3) is 3.96. The molecule has 1 unspecified atom stereocenters. The second kappa shape index (κ2) is 6.19. The molecule has 0 aromatic heterocycles. The van der Waals surface area contributed by atoms with Crippen LogP contribution in [0, 0.1) is 11.8 Å². The fourth-order valence-electron chi connectivity index (χ4n) is 3.24. The minimum Gasteiger partial charge on any atom is -0.329 e. The Balaban J connectivity index is 1.82. The van der Waals surface area contributed by atoms with E-state index < -0.39 is 0 Å². The van der Waals surface area contributed by atoms with Crippen LogP contribution >= 0.6 is 0 Å². The molecule has 2 saturated carbocycles. The molecule has 2 aliphatic carbocycles. The van der Waals surface area contributed by atoms with Crippen LogP contribution in [0.2, 0.25) is 0 Å². The topological polar surface area (TPSA) is 38.0 Å². The first-order valence-electron chi connectivity index (χ1n) is 7.71. The van der Waals surface area contributed by atoms with Crippen molar-refractivity contribution in [3.63, 3.8) is 0 Å². The fourth-order valence-corrected chi connectivity index (χ4v) is 3.24. The van der Waals surface area contributed by atoms with Crippen molar-refractivity contribution in [2.45, 2.75) is 70.3 Å². The van der Waals surface area contributed by atoms with Crippen LogP contribution in [0.25, 0.3) is 0 Å². The second-order valence-electron chi connectivity index (χ2n) is 6.45. The van der Waals surface area contributed by atoms with E-state index in [4.69, 9.17) is 5.73 Å². The van der Waals surface area contributed by atoms with Gasteiger partial charge in [-0.1, -0.05) is 39.0 Å². The fraction of sp³-hybridized carbons (Fsp3) is 1.00. The Labute approximate surface area is 107 Å². The smallest absolute Gasteiger partial charge is 0.0304 e. The molecule has 100 valence electrons. The maximum atomic E-state index is 6.07. The molecule has 0 heterocycles. The second-order valence-corrected chi connectivity index (χ2v) is 6.45. The maximum absolute atomic E-state index is 6.07. The van der Waals surface area contributed by atoms with Crippen molar-refractivity contribution in [1.82, 2.24) is 5.32 Å². The van der Waals surface area contributed by atoms with E-state index in [-0.39, 0.29) is 5.54 Å². The van der Waals surface area contributed by atoms with Gasteiger partial charge in [0.1, 0.15) is 0 Å². The highest BCUT2D eigenvalue weighted by Gasteiger charge is 2.32. The summed E-state index contributed by atoms with van der Waals surface area (Å²) in [6.45, 7) is 4.41. The zero-order valence-electron chi connectivity index (χ0n) is 11.5. The Kier molecular flexibility index (Phi) is 4.87. The van der Waals surface area contributed by atoms with E-state index in [0.29, 0.717) is 0 Å². The highest BCUT2D eigenvalue weighted by molar-refractivity contribution is 4.91. The summed E-state index contributed by atoms with van der Waals surface area (Å²) < 4.78 is 0. The lowest BCUT2D eigenvalue weighted by atomic mass is 9.83. The van der Waals surface area contributed by atoms with E-state index >= 15 is 0 Å². The molecular weight excluding hydrogens is 208 g/mol. The molecule has 0 aromatic rings. The minimum atomic E-state index is 0.267. The average molecular weight is 238 g/mol. The van der Waals surface area contributed by atoms with Crippen molar-refractivity contribution in [3.05, 3.63) is 0 Å². The first-order valence-corrected chi connectivity index (χ1v) is 7.71. The van der Waals surface area contributed by atoms with E-state index in [1.54, 1.807) is 0 Å². The molecule has 0 radical (unpaired) electrons. The predicted molar refractivity (Wildman–Crippen MR) is 74.0 cm³/mol. The summed E-state index contributed by atoms with van der Waals surface area (Å²) in [7, 11) is 0. The van der Waals surface area contributed by atoms with Gasteiger partial charge in [0.2, 0.25) is 0 Å². The van der Waals surface area contributed by atoms with Gasteiger partial charge in [0.05, 0.1) is 0 Å². The SMILES string of the molecule is CC(CNC1(CN)CCCCCCC1)C1CC1. The molecule has 1 atom stereocenters. The van der Waals surface area contributed by atoms with Gasteiger partial charge in [0.25, 0.3) is 0 Å². The molecule has 0 spiro atoms. The predicted octanol–water partition coefficient (Wildman–Crippen LogP) is 3.06. The number of nitrogens with two attached hydrogens (primary N) is 1. The summed E-state index contributed by atoms with van der Waals surface area (Å²) in [5.74, 6) is 1.86. The lowest BCUT2D eigenvalue weighted by Crippen LogP contribution is -2.52. The van der Waals surface area contributed by atoms with Crippen LogP contribution < -0.4 is 11.1 Å². The van der Waals surface area contributed by atoms with E-state index in [0.717, 1.165) is 18.4 Å². The van der Waals surface area contributed by atoms with E-state index in [9.17, 15) is 0 Å². The standard InChI is InChI=1S/C15H30N2/c1-13(14-7-8-14)11-17-15(12-16)9-5-3-2-4-6-10-15/h13-14,17H,2-12,16H2,1H3. The van der Waals surface area contributed by atoms with Crippen molar-refractivity contribution >= 4 is 0 Å². The first-order chi connectivity index (χ1) is 8.26. The summed E-state index contributed by atoms with van der Waals surface area (Å²) in [5.41, 5.74) is 6.34. The summed E-state index contributed by atoms with van der Waals surface area (Å²) in [6, 6.07) is 0. The molecule has 0 amide bonds. The Morgan fingerprint density at radius 3 is 2.24 bits per heavy atom. The van der Waals surface area contributed by atoms with Crippen molar-refractivity contribution < 1.29 is 0 Å². The van der Waals surface area contributed by atoms with Gasteiger partial charge in [0.15, 0.2) is 0 Å². The van der Waals surface area contributed by atoms with Crippen LogP contribution in [0.5, 0.6) is 0 Å². The van der Waals surface area contributed by atoms with Crippen LogP contribution in [0.15, 0.2) is 0 Å². The molecule has 17 heavy (non-hydrogen) atoms. The minimum absolute atomic E-state index is 0.267. The van der Waals surface area contributed by atoms with Gasteiger partial charge in [-0.25, -0.2) is 0 Å². The Hall–Kier alpha value is -0.0800. The van der Waals surface area contributed by atoms with Crippen LogP contribution in [0.3, 0.4) is 0 Å². The number of hydrogen-bond acceptors (Lipinski definition) is 2. The Morgan fingerprint density at radius 1 is 1.12 bits per heavy atom. The first kappa shape index (κ1) is 13.4. The van der Waals surface area contributed by atoms with Gasteiger partial charge in [-0.3, -0.25) is 0 Å². The van der Waals surface area contributed by atoms with Gasteiger partial charge >= 0.3 is 0 Å². The van der Waals surface area contributed by atoms with E-state index in [1.807, 2.05) is 0 Å². The summed E-state index contributed by atoms with van der Waals surface area (Å²) in [4.78, 5) is 0. The van der Waals surface area contributed by atoms with Gasteiger partial charge in [-0.2, -0.15) is 0 Å².